The first-order valence-electron chi connectivity index (χ1n) is 5.57. The molecule has 3 nitrogen and oxygen atoms in total. The quantitative estimate of drug-likeness (QED) is 0.668. The van der Waals surface area contributed by atoms with E-state index in [-0.39, 0.29) is 10.7 Å². The Morgan fingerprint density at radius 3 is 2.57 bits per heavy atom. The molecule has 0 saturated heterocycles. The molecule has 0 fully saturated rings. The fourth-order valence-electron chi connectivity index (χ4n) is 1.54. The third kappa shape index (κ3) is 3.49. The van der Waals surface area contributed by atoms with Crippen LogP contribution in [0.25, 0.3) is 0 Å². The van der Waals surface area contributed by atoms with E-state index in [0.29, 0.717) is 18.2 Å². The number of aromatic nitrogens is 1. The first-order chi connectivity index (χ1) is 9.79. The number of carbonyl (C=O) groups excluding carboxylic acids is 1. The molecule has 1 N–H and O–H groups in total. The Morgan fingerprint density at radius 2 is 1.95 bits per heavy atom. The summed E-state index contributed by atoms with van der Waals surface area (Å²) in [7, 11) is 0. The predicted molar refractivity (Wildman–Crippen MR) is 68.6 cm³/mol. The maximum Gasteiger partial charge on any atom is 0.416 e. The lowest BCUT2D eigenvalue weighted by Crippen LogP contribution is -2.15. The van der Waals surface area contributed by atoms with Gasteiger partial charge in [-0.25, -0.2) is 9.37 Å². The van der Waals surface area contributed by atoms with Gasteiger partial charge < -0.3 is 5.32 Å². The summed E-state index contributed by atoms with van der Waals surface area (Å²) in [5.41, 5.74) is -1.73. The Kier molecular flexibility index (Phi) is 4.13. The van der Waals surface area contributed by atoms with Crippen LogP contribution < -0.4 is 5.32 Å². The molecule has 1 aromatic heterocycles. The second kappa shape index (κ2) is 5.69. The van der Waals surface area contributed by atoms with Gasteiger partial charge in [0.1, 0.15) is 11.0 Å². The number of rotatable bonds is 2. The van der Waals surface area contributed by atoms with Crippen LogP contribution in [0.2, 0.25) is 5.15 Å². The molecule has 0 spiro atoms. The molecule has 0 aliphatic carbocycles. The molecule has 1 aromatic carbocycles. The van der Waals surface area contributed by atoms with E-state index in [4.69, 9.17) is 11.6 Å². The molecule has 0 atom stereocenters. The number of halogens is 5. The van der Waals surface area contributed by atoms with E-state index >= 15 is 0 Å². The molecule has 0 radical (unpaired) electrons. The predicted octanol–water partition coefficient (Wildman–Crippen LogP) is 4.15. The summed E-state index contributed by atoms with van der Waals surface area (Å²) < 4.78 is 51.2. The van der Waals surface area contributed by atoms with Crippen LogP contribution >= 0.6 is 11.6 Å². The lowest BCUT2D eigenvalue weighted by molar-refractivity contribution is -0.137. The molecule has 110 valence electrons. The molecular weight excluding hydrogens is 312 g/mol. The summed E-state index contributed by atoms with van der Waals surface area (Å²) in [5.74, 6) is -1.84. The summed E-state index contributed by atoms with van der Waals surface area (Å²) in [6.07, 6.45) is -3.30. The Balaban J connectivity index is 2.31. The van der Waals surface area contributed by atoms with E-state index in [1.54, 1.807) is 0 Å². The molecule has 1 heterocycles. The first-order valence-corrected chi connectivity index (χ1v) is 5.95. The van der Waals surface area contributed by atoms with E-state index < -0.39 is 29.2 Å². The second-order valence-electron chi connectivity index (χ2n) is 3.99. The highest BCUT2D eigenvalue weighted by molar-refractivity contribution is 6.33. The number of benzene rings is 1. The third-order valence-electron chi connectivity index (χ3n) is 2.55. The van der Waals surface area contributed by atoms with Crippen LogP contribution in [0, 0.1) is 5.82 Å². The number of nitrogens with one attached hydrogen (secondary N) is 1. The van der Waals surface area contributed by atoms with Gasteiger partial charge in [0.25, 0.3) is 5.91 Å². The average Bonchev–Trinajstić information content (AvgIpc) is 2.40. The van der Waals surface area contributed by atoms with Gasteiger partial charge in [0.2, 0.25) is 0 Å². The fraction of sp³-hybridized carbons (Fsp3) is 0.0769. The highest BCUT2D eigenvalue weighted by atomic mass is 35.5. The molecule has 21 heavy (non-hydrogen) atoms. The summed E-state index contributed by atoms with van der Waals surface area (Å²) in [4.78, 5) is 15.5. The number of alkyl halides is 3. The molecule has 8 heteroatoms. The van der Waals surface area contributed by atoms with Crippen LogP contribution in [0.4, 0.5) is 23.2 Å². The maximum absolute atomic E-state index is 13.5. The Labute approximate surface area is 121 Å². The van der Waals surface area contributed by atoms with Crippen molar-refractivity contribution in [2.45, 2.75) is 6.18 Å². The van der Waals surface area contributed by atoms with Crippen molar-refractivity contribution in [1.82, 2.24) is 4.98 Å². The van der Waals surface area contributed by atoms with Gasteiger partial charge in [0.05, 0.1) is 16.8 Å². The number of hydrogen-bond acceptors (Lipinski definition) is 2. The van der Waals surface area contributed by atoms with Crippen molar-refractivity contribution in [3.8, 4) is 0 Å². The number of pyridine rings is 1. The molecular formula is C13H7ClF4N2O. The molecule has 0 bridgehead atoms. The Morgan fingerprint density at radius 1 is 1.24 bits per heavy atom. The third-order valence-corrected chi connectivity index (χ3v) is 2.85. The van der Waals surface area contributed by atoms with Gasteiger partial charge in [-0.1, -0.05) is 11.6 Å². The van der Waals surface area contributed by atoms with Crippen molar-refractivity contribution in [1.29, 1.82) is 0 Å². The smallest absolute Gasteiger partial charge is 0.319 e. The normalized spacial score (nSPS) is 11.3. The van der Waals surface area contributed by atoms with Gasteiger partial charge in [-0.15, -0.1) is 0 Å². The SMILES string of the molecule is O=C(Nc1cc(C(F)(F)F)ccc1F)c1cccnc1Cl. The highest BCUT2D eigenvalue weighted by Gasteiger charge is 2.31. The molecule has 0 aliphatic heterocycles. The van der Waals surface area contributed by atoms with Crippen LogP contribution in [0.5, 0.6) is 0 Å². The average molecular weight is 319 g/mol. The van der Waals surface area contributed by atoms with Crippen molar-refractivity contribution < 1.29 is 22.4 Å². The maximum atomic E-state index is 13.5. The van der Waals surface area contributed by atoms with E-state index in [9.17, 15) is 22.4 Å². The minimum absolute atomic E-state index is 0.0732. The minimum atomic E-state index is -4.64. The van der Waals surface area contributed by atoms with E-state index in [2.05, 4.69) is 4.98 Å². The van der Waals surface area contributed by atoms with Crippen molar-refractivity contribution in [2.24, 2.45) is 0 Å². The van der Waals surface area contributed by atoms with E-state index in [1.165, 1.54) is 18.3 Å². The lowest BCUT2D eigenvalue weighted by atomic mass is 10.1. The van der Waals surface area contributed by atoms with E-state index in [1.807, 2.05) is 5.32 Å². The van der Waals surface area contributed by atoms with Crippen LogP contribution in [0.3, 0.4) is 0 Å². The standard InChI is InChI=1S/C13H7ClF4N2O/c14-11-8(2-1-5-19-11)12(21)20-10-6-7(13(16,17)18)3-4-9(10)15/h1-6H,(H,20,21). The fourth-order valence-corrected chi connectivity index (χ4v) is 1.75. The van der Waals surface area contributed by atoms with Crippen molar-refractivity contribution in [2.75, 3.05) is 5.32 Å². The first kappa shape index (κ1) is 15.2. The van der Waals surface area contributed by atoms with Gasteiger partial charge in [-0.3, -0.25) is 4.79 Å². The Bertz CT molecular complexity index is 688. The number of hydrogen-bond donors (Lipinski definition) is 1. The van der Waals surface area contributed by atoms with Crippen molar-refractivity contribution in [3.05, 3.63) is 58.6 Å². The lowest BCUT2D eigenvalue weighted by Gasteiger charge is -2.11. The van der Waals surface area contributed by atoms with Gasteiger partial charge in [-0.05, 0) is 30.3 Å². The number of anilines is 1. The zero-order valence-corrected chi connectivity index (χ0v) is 11.0. The highest BCUT2D eigenvalue weighted by Crippen LogP contribution is 2.32. The largest absolute Gasteiger partial charge is 0.416 e. The Hall–Kier alpha value is -2.15. The van der Waals surface area contributed by atoms with Crippen LogP contribution in [0.1, 0.15) is 15.9 Å². The second-order valence-corrected chi connectivity index (χ2v) is 4.35. The zero-order chi connectivity index (χ0) is 15.6. The topological polar surface area (TPSA) is 42.0 Å². The van der Waals surface area contributed by atoms with Crippen LogP contribution in [-0.2, 0) is 6.18 Å². The van der Waals surface area contributed by atoms with Gasteiger partial charge in [0, 0.05) is 6.20 Å². The zero-order valence-electron chi connectivity index (χ0n) is 10.2. The number of amides is 1. The summed E-state index contributed by atoms with van der Waals surface area (Å²) >= 11 is 5.68. The van der Waals surface area contributed by atoms with Gasteiger partial charge in [-0.2, -0.15) is 13.2 Å². The summed E-state index contributed by atoms with van der Waals surface area (Å²) in [6.45, 7) is 0. The molecule has 0 unspecified atom stereocenters. The minimum Gasteiger partial charge on any atom is -0.319 e. The van der Waals surface area contributed by atoms with Crippen molar-refractivity contribution in [3.63, 3.8) is 0 Å². The summed E-state index contributed by atoms with van der Waals surface area (Å²) in [5, 5.41) is 1.90. The molecule has 1 amide bonds. The molecule has 0 saturated carbocycles. The van der Waals surface area contributed by atoms with Gasteiger partial charge >= 0.3 is 6.18 Å². The summed E-state index contributed by atoms with van der Waals surface area (Å²) in [6, 6.07) is 4.46. The molecule has 2 rings (SSSR count). The van der Waals surface area contributed by atoms with Crippen LogP contribution in [-0.4, -0.2) is 10.9 Å². The molecule has 2 aromatic rings. The van der Waals surface area contributed by atoms with Crippen molar-refractivity contribution >= 4 is 23.2 Å². The van der Waals surface area contributed by atoms with E-state index in [0.717, 1.165) is 0 Å². The van der Waals surface area contributed by atoms with Gasteiger partial charge in [0.15, 0.2) is 0 Å². The van der Waals surface area contributed by atoms with Crippen LogP contribution in [0.15, 0.2) is 36.5 Å². The molecule has 0 aliphatic rings. The number of carbonyl (C=O) groups is 1. The monoisotopic (exact) mass is 318 g/mol. The number of nitrogens with zero attached hydrogens (tertiary/aromatic N) is 1.